The Labute approximate surface area is 199 Å². The molecule has 8 heteroatoms. The van der Waals surface area contributed by atoms with Crippen LogP contribution in [0.4, 0.5) is 5.69 Å². The maximum Gasteiger partial charge on any atom is 0.262 e. The number of hydrogen-bond acceptors (Lipinski definition) is 5. The van der Waals surface area contributed by atoms with Gasteiger partial charge < -0.3 is 14.8 Å². The van der Waals surface area contributed by atoms with Crippen molar-refractivity contribution in [2.24, 2.45) is 0 Å². The number of amides is 1. The summed E-state index contributed by atoms with van der Waals surface area (Å²) in [6.07, 6.45) is 1.52. The van der Waals surface area contributed by atoms with Gasteiger partial charge in [0.05, 0.1) is 12.7 Å². The van der Waals surface area contributed by atoms with E-state index >= 15 is 0 Å². The summed E-state index contributed by atoms with van der Waals surface area (Å²) in [6.45, 7) is -0.285. The number of ether oxygens (including phenoxy) is 2. The molecule has 0 radical (unpaired) electrons. The van der Waals surface area contributed by atoms with Crippen LogP contribution in [0.15, 0.2) is 66.2 Å². The zero-order valence-electron chi connectivity index (χ0n) is 17.4. The molecule has 0 aliphatic heterocycles. The highest BCUT2D eigenvalue weighted by atomic mass is 35.5. The quantitative estimate of drug-likeness (QED) is 0.372. The maximum absolute atomic E-state index is 12.6. The predicted molar refractivity (Wildman–Crippen MR) is 127 cm³/mol. The highest BCUT2D eigenvalue weighted by Gasteiger charge is 2.32. The Morgan fingerprint density at radius 3 is 2.15 bits per heavy atom. The Kier molecular flexibility index (Phi) is 6.49. The van der Waals surface area contributed by atoms with Crippen LogP contribution in [0.2, 0.25) is 10.0 Å². The van der Waals surface area contributed by atoms with Crippen molar-refractivity contribution in [2.45, 2.75) is 0 Å². The molecule has 166 valence electrons. The van der Waals surface area contributed by atoms with Crippen molar-refractivity contribution < 1.29 is 23.9 Å². The minimum absolute atomic E-state index is 0.0893. The molecule has 0 bridgehead atoms. The fourth-order valence-corrected chi connectivity index (χ4v) is 3.96. The van der Waals surface area contributed by atoms with Crippen LogP contribution >= 0.6 is 23.2 Å². The monoisotopic (exact) mass is 481 g/mol. The number of Topliss-reactive ketones (excluding diaryl/α,β-unsaturated/α-hetero) is 2. The van der Waals surface area contributed by atoms with Crippen molar-refractivity contribution in [1.82, 2.24) is 0 Å². The van der Waals surface area contributed by atoms with Gasteiger partial charge in [-0.3, -0.25) is 14.4 Å². The average molecular weight is 482 g/mol. The third kappa shape index (κ3) is 4.92. The zero-order chi connectivity index (χ0) is 23.5. The summed E-state index contributed by atoms with van der Waals surface area (Å²) < 4.78 is 10.9. The molecule has 0 aromatic heterocycles. The number of rotatable bonds is 6. The number of ketones is 2. The number of carbonyl (C=O) groups excluding carboxylic acids is 3. The van der Waals surface area contributed by atoms with Crippen molar-refractivity contribution in [3.05, 3.63) is 93.0 Å². The first-order valence-electron chi connectivity index (χ1n) is 9.82. The van der Waals surface area contributed by atoms with Gasteiger partial charge >= 0.3 is 0 Å². The maximum atomic E-state index is 12.6. The van der Waals surface area contributed by atoms with Crippen LogP contribution in [0.1, 0.15) is 26.3 Å². The molecule has 0 fully saturated rings. The van der Waals surface area contributed by atoms with Gasteiger partial charge in [-0.05, 0) is 42.0 Å². The number of hydrogen-bond donors (Lipinski definition) is 1. The van der Waals surface area contributed by atoms with Gasteiger partial charge in [0.1, 0.15) is 0 Å². The standard InChI is InChI=1S/C25H17Cl2NO5/c1-32-22-9-14(8-20-24(30)18-4-2-3-5-19(18)25(20)31)6-7-21(22)33-13-23(29)28-17-11-15(26)10-16(27)12-17/h2-12H,13H2,1H3,(H,28,29). The Bertz CT molecular complexity index is 1260. The van der Waals surface area contributed by atoms with Crippen LogP contribution in [-0.4, -0.2) is 31.2 Å². The van der Waals surface area contributed by atoms with E-state index < -0.39 is 5.91 Å². The lowest BCUT2D eigenvalue weighted by molar-refractivity contribution is -0.118. The first kappa shape index (κ1) is 22.6. The summed E-state index contributed by atoms with van der Waals surface area (Å²) in [4.78, 5) is 37.4. The first-order valence-corrected chi connectivity index (χ1v) is 10.6. The van der Waals surface area contributed by atoms with E-state index in [0.29, 0.717) is 43.9 Å². The molecule has 0 spiro atoms. The summed E-state index contributed by atoms with van der Waals surface area (Å²) in [7, 11) is 1.45. The van der Waals surface area contributed by atoms with Gasteiger partial charge in [0.25, 0.3) is 5.91 Å². The van der Waals surface area contributed by atoms with E-state index in [0.717, 1.165) is 0 Å². The van der Waals surface area contributed by atoms with E-state index in [1.165, 1.54) is 13.2 Å². The summed E-state index contributed by atoms with van der Waals surface area (Å²) in [6, 6.07) is 16.3. The second-order valence-electron chi connectivity index (χ2n) is 7.17. The molecule has 1 aliphatic carbocycles. The molecule has 33 heavy (non-hydrogen) atoms. The Balaban J connectivity index is 1.47. The summed E-state index contributed by atoms with van der Waals surface area (Å²) in [5.41, 5.74) is 1.91. The highest BCUT2D eigenvalue weighted by molar-refractivity contribution is 6.41. The fraction of sp³-hybridized carbons (Fsp3) is 0.0800. The largest absolute Gasteiger partial charge is 0.493 e. The van der Waals surface area contributed by atoms with Gasteiger partial charge in [0.15, 0.2) is 29.7 Å². The average Bonchev–Trinajstić information content (AvgIpc) is 3.02. The van der Waals surface area contributed by atoms with Crippen LogP contribution in [-0.2, 0) is 4.79 Å². The molecule has 0 saturated heterocycles. The highest BCUT2D eigenvalue weighted by Crippen LogP contribution is 2.32. The van der Waals surface area contributed by atoms with E-state index in [-0.39, 0.29) is 23.7 Å². The van der Waals surface area contributed by atoms with Crippen LogP contribution in [0.3, 0.4) is 0 Å². The van der Waals surface area contributed by atoms with E-state index in [9.17, 15) is 14.4 Å². The minimum atomic E-state index is -0.415. The van der Waals surface area contributed by atoms with E-state index in [2.05, 4.69) is 5.32 Å². The van der Waals surface area contributed by atoms with Gasteiger partial charge in [-0.15, -0.1) is 0 Å². The molecule has 0 saturated carbocycles. The topological polar surface area (TPSA) is 81.7 Å². The van der Waals surface area contributed by atoms with E-state index in [4.69, 9.17) is 32.7 Å². The lowest BCUT2D eigenvalue weighted by atomic mass is 10.1. The number of anilines is 1. The van der Waals surface area contributed by atoms with Crippen molar-refractivity contribution >= 4 is 52.4 Å². The fourth-order valence-electron chi connectivity index (χ4n) is 3.43. The molecule has 3 aromatic rings. The molecule has 0 atom stereocenters. The third-order valence-electron chi connectivity index (χ3n) is 4.91. The lowest BCUT2D eigenvalue weighted by Crippen LogP contribution is -2.20. The number of nitrogens with one attached hydrogen (secondary N) is 1. The molecule has 4 rings (SSSR count). The second kappa shape index (κ2) is 9.48. The molecular formula is C25H17Cl2NO5. The number of carbonyl (C=O) groups is 3. The molecule has 1 aliphatic rings. The van der Waals surface area contributed by atoms with Gasteiger partial charge in [0.2, 0.25) is 0 Å². The molecular weight excluding hydrogens is 465 g/mol. The lowest BCUT2D eigenvalue weighted by Gasteiger charge is -2.12. The van der Waals surface area contributed by atoms with Crippen LogP contribution in [0.5, 0.6) is 11.5 Å². The first-order chi connectivity index (χ1) is 15.9. The number of halogens is 2. The molecule has 1 N–H and O–H groups in total. The molecule has 0 unspecified atom stereocenters. The molecule has 6 nitrogen and oxygen atoms in total. The van der Waals surface area contributed by atoms with Crippen LogP contribution in [0.25, 0.3) is 6.08 Å². The van der Waals surface area contributed by atoms with Gasteiger partial charge in [-0.2, -0.15) is 0 Å². The number of allylic oxidation sites excluding steroid dienone is 1. The van der Waals surface area contributed by atoms with Gasteiger partial charge in [-0.25, -0.2) is 0 Å². The van der Waals surface area contributed by atoms with Gasteiger partial charge in [0, 0.05) is 26.9 Å². The zero-order valence-corrected chi connectivity index (χ0v) is 18.9. The number of benzene rings is 3. The summed E-state index contributed by atoms with van der Waals surface area (Å²) in [5.74, 6) is -0.369. The smallest absolute Gasteiger partial charge is 0.262 e. The number of fused-ring (bicyclic) bond motifs is 1. The second-order valence-corrected chi connectivity index (χ2v) is 8.04. The Hall–Kier alpha value is -3.61. The van der Waals surface area contributed by atoms with E-state index in [1.54, 1.807) is 60.7 Å². The number of methoxy groups -OCH3 is 1. The van der Waals surface area contributed by atoms with Crippen molar-refractivity contribution in [2.75, 3.05) is 19.0 Å². The van der Waals surface area contributed by atoms with Crippen LogP contribution in [0, 0.1) is 0 Å². The predicted octanol–water partition coefficient (Wildman–Crippen LogP) is 5.48. The summed E-state index contributed by atoms with van der Waals surface area (Å²) in [5, 5.41) is 3.44. The SMILES string of the molecule is COc1cc(C=C2C(=O)c3ccccc3C2=O)ccc1OCC(=O)Nc1cc(Cl)cc(Cl)c1. The molecule has 0 heterocycles. The summed E-state index contributed by atoms with van der Waals surface area (Å²) >= 11 is 11.9. The minimum Gasteiger partial charge on any atom is -0.493 e. The van der Waals surface area contributed by atoms with Crippen LogP contribution < -0.4 is 14.8 Å². The van der Waals surface area contributed by atoms with Gasteiger partial charge in [-0.1, -0.05) is 53.5 Å². The third-order valence-corrected chi connectivity index (χ3v) is 5.35. The Morgan fingerprint density at radius 2 is 1.55 bits per heavy atom. The van der Waals surface area contributed by atoms with Crippen molar-refractivity contribution in [3.8, 4) is 11.5 Å². The van der Waals surface area contributed by atoms with Crippen molar-refractivity contribution in [3.63, 3.8) is 0 Å². The normalized spacial score (nSPS) is 12.4. The van der Waals surface area contributed by atoms with E-state index in [1.807, 2.05) is 0 Å². The Morgan fingerprint density at radius 1 is 0.909 bits per heavy atom. The molecule has 3 aromatic carbocycles. The van der Waals surface area contributed by atoms with Crippen molar-refractivity contribution in [1.29, 1.82) is 0 Å². The molecule has 1 amide bonds.